The second-order valence-corrected chi connectivity index (χ2v) is 4.29. The lowest BCUT2D eigenvalue weighted by atomic mass is 10.0. The van der Waals surface area contributed by atoms with Gasteiger partial charge in [-0.25, -0.2) is 0 Å². The molecular formula is C15H11NO2. The van der Waals surface area contributed by atoms with Crippen LogP contribution in [-0.4, -0.2) is 11.8 Å². The maximum absolute atomic E-state index is 11.5. The number of amides is 2. The van der Waals surface area contributed by atoms with Crippen LogP contribution in [0.15, 0.2) is 48.0 Å². The first kappa shape index (κ1) is 10.7. The lowest BCUT2D eigenvalue weighted by Gasteiger charge is -2.02. The van der Waals surface area contributed by atoms with Crippen molar-refractivity contribution in [2.75, 3.05) is 0 Å². The van der Waals surface area contributed by atoms with Gasteiger partial charge in [0.2, 0.25) is 5.91 Å². The van der Waals surface area contributed by atoms with E-state index in [0.717, 1.165) is 16.3 Å². The molecule has 0 atom stereocenters. The molecule has 2 aromatic carbocycles. The molecule has 18 heavy (non-hydrogen) atoms. The van der Waals surface area contributed by atoms with Crippen molar-refractivity contribution >= 4 is 28.7 Å². The van der Waals surface area contributed by atoms with Crippen molar-refractivity contribution in [1.82, 2.24) is 5.32 Å². The normalized spacial score (nSPS) is 17.4. The molecule has 0 radical (unpaired) electrons. The Balaban J connectivity index is 2.13. The molecule has 3 rings (SSSR count). The number of hydrogen-bond acceptors (Lipinski definition) is 2. The highest BCUT2D eigenvalue weighted by Crippen LogP contribution is 2.22. The smallest absolute Gasteiger partial charge is 0.254 e. The number of carbonyl (C=O) groups is 2. The molecule has 2 aromatic rings. The van der Waals surface area contributed by atoms with Crippen molar-refractivity contribution in [2.45, 2.75) is 6.42 Å². The van der Waals surface area contributed by atoms with Crippen LogP contribution in [0.4, 0.5) is 0 Å². The maximum Gasteiger partial charge on any atom is 0.254 e. The standard InChI is InChI=1S/C15H11NO2/c17-14-9-12(15(18)16-14)8-11-6-3-5-10-4-1-2-7-13(10)11/h1-8H,9H2,(H,16,17,18). The van der Waals surface area contributed by atoms with Gasteiger partial charge in [-0.2, -0.15) is 0 Å². The fourth-order valence-electron chi connectivity index (χ4n) is 2.18. The third-order valence-electron chi connectivity index (χ3n) is 3.05. The molecule has 0 spiro atoms. The minimum absolute atomic E-state index is 0.169. The Hall–Kier alpha value is -2.42. The second kappa shape index (κ2) is 4.11. The lowest BCUT2D eigenvalue weighted by molar-refractivity contribution is -0.124. The molecule has 3 nitrogen and oxygen atoms in total. The molecule has 1 N–H and O–H groups in total. The summed E-state index contributed by atoms with van der Waals surface area (Å²) in [4.78, 5) is 22.7. The number of imide groups is 1. The van der Waals surface area contributed by atoms with E-state index in [-0.39, 0.29) is 18.2 Å². The summed E-state index contributed by atoms with van der Waals surface area (Å²) in [6.07, 6.45) is 1.96. The summed E-state index contributed by atoms with van der Waals surface area (Å²) in [6.45, 7) is 0. The van der Waals surface area contributed by atoms with E-state index >= 15 is 0 Å². The maximum atomic E-state index is 11.5. The molecule has 0 saturated carbocycles. The number of hydrogen-bond donors (Lipinski definition) is 1. The zero-order chi connectivity index (χ0) is 12.5. The lowest BCUT2D eigenvalue weighted by Crippen LogP contribution is -2.19. The highest BCUT2D eigenvalue weighted by Gasteiger charge is 2.23. The Labute approximate surface area is 104 Å². The molecule has 1 saturated heterocycles. The van der Waals surface area contributed by atoms with Crippen LogP contribution < -0.4 is 5.32 Å². The Bertz CT molecular complexity index is 680. The second-order valence-electron chi connectivity index (χ2n) is 4.29. The summed E-state index contributed by atoms with van der Waals surface area (Å²) < 4.78 is 0. The van der Waals surface area contributed by atoms with E-state index in [4.69, 9.17) is 0 Å². The summed E-state index contributed by atoms with van der Waals surface area (Å²) in [5.41, 5.74) is 1.49. The molecule has 1 aliphatic heterocycles. The minimum Gasteiger partial charge on any atom is -0.292 e. The Morgan fingerprint density at radius 1 is 1.00 bits per heavy atom. The summed E-state index contributed by atoms with van der Waals surface area (Å²) in [6, 6.07) is 13.9. The average Bonchev–Trinajstić information content (AvgIpc) is 2.68. The molecule has 0 aromatic heterocycles. The van der Waals surface area contributed by atoms with Crippen molar-refractivity contribution in [2.24, 2.45) is 0 Å². The SMILES string of the molecule is O=C1CC(=Cc2cccc3ccccc23)C(=O)N1. The summed E-state index contributed by atoms with van der Waals surface area (Å²) in [7, 11) is 0. The molecule has 3 heteroatoms. The van der Waals surface area contributed by atoms with Crippen molar-refractivity contribution < 1.29 is 9.59 Å². The van der Waals surface area contributed by atoms with E-state index in [9.17, 15) is 9.59 Å². The van der Waals surface area contributed by atoms with E-state index in [0.29, 0.717) is 5.57 Å². The summed E-state index contributed by atoms with van der Waals surface area (Å²) >= 11 is 0. The van der Waals surface area contributed by atoms with Gasteiger partial charge in [0.15, 0.2) is 0 Å². The topological polar surface area (TPSA) is 46.2 Å². The summed E-state index contributed by atoms with van der Waals surface area (Å²) in [5.74, 6) is -0.514. The molecule has 1 heterocycles. The molecule has 0 aliphatic carbocycles. The first-order chi connectivity index (χ1) is 8.74. The largest absolute Gasteiger partial charge is 0.292 e. The van der Waals surface area contributed by atoms with Gasteiger partial charge < -0.3 is 0 Å². The van der Waals surface area contributed by atoms with Crippen molar-refractivity contribution in [1.29, 1.82) is 0 Å². The van der Waals surface area contributed by atoms with E-state index in [2.05, 4.69) is 5.32 Å². The molecule has 1 aliphatic rings. The number of fused-ring (bicyclic) bond motifs is 1. The Morgan fingerprint density at radius 2 is 1.78 bits per heavy atom. The zero-order valence-electron chi connectivity index (χ0n) is 9.64. The molecule has 88 valence electrons. The molecule has 0 bridgehead atoms. The minimum atomic E-state index is -0.284. The van der Waals surface area contributed by atoms with Gasteiger partial charge in [-0.3, -0.25) is 14.9 Å². The van der Waals surface area contributed by atoms with Crippen LogP contribution in [0.1, 0.15) is 12.0 Å². The number of rotatable bonds is 1. The predicted molar refractivity (Wildman–Crippen MR) is 69.7 cm³/mol. The molecule has 1 fully saturated rings. The van der Waals surface area contributed by atoms with Crippen LogP contribution in [0.5, 0.6) is 0 Å². The van der Waals surface area contributed by atoms with Crippen LogP contribution in [-0.2, 0) is 9.59 Å². The zero-order valence-corrected chi connectivity index (χ0v) is 9.64. The van der Waals surface area contributed by atoms with E-state index < -0.39 is 0 Å². The number of nitrogens with one attached hydrogen (secondary N) is 1. The van der Waals surface area contributed by atoms with Crippen LogP contribution in [0.2, 0.25) is 0 Å². The van der Waals surface area contributed by atoms with Crippen molar-refractivity contribution in [3.05, 3.63) is 53.6 Å². The van der Waals surface area contributed by atoms with E-state index in [1.807, 2.05) is 42.5 Å². The first-order valence-corrected chi connectivity index (χ1v) is 5.76. The van der Waals surface area contributed by atoms with Crippen molar-refractivity contribution in [3.8, 4) is 0 Å². The van der Waals surface area contributed by atoms with Crippen LogP contribution in [0, 0.1) is 0 Å². The van der Waals surface area contributed by atoms with Crippen molar-refractivity contribution in [3.63, 3.8) is 0 Å². The molecule has 2 amide bonds. The highest BCUT2D eigenvalue weighted by molar-refractivity contribution is 6.16. The van der Waals surface area contributed by atoms with Gasteiger partial charge >= 0.3 is 0 Å². The summed E-state index contributed by atoms with van der Waals surface area (Å²) in [5, 5.41) is 4.49. The fourth-order valence-corrected chi connectivity index (χ4v) is 2.18. The van der Waals surface area contributed by atoms with Gasteiger partial charge in [0.25, 0.3) is 5.91 Å². The Morgan fingerprint density at radius 3 is 2.56 bits per heavy atom. The van der Waals surface area contributed by atoms with Gasteiger partial charge in [-0.05, 0) is 22.4 Å². The first-order valence-electron chi connectivity index (χ1n) is 5.76. The van der Waals surface area contributed by atoms with Gasteiger partial charge in [0, 0.05) is 5.57 Å². The van der Waals surface area contributed by atoms with Gasteiger partial charge in [0.05, 0.1) is 6.42 Å². The predicted octanol–water partition coefficient (Wildman–Crippen LogP) is 2.27. The van der Waals surface area contributed by atoms with Gasteiger partial charge in [-0.1, -0.05) is 42.5 Å². The quantitative estimate of drug-likeness (QED) is 0.611. The fraction of sp³-hybridized carbons (Fsp3) is 0.0667. The highest BCUT2D eigenvalue weighted by atomic mass is 16.2. The van der Waals surface area contributed by atoms with E-state index in [1.165, 1.54) is 0 Å². The van der Waals surface area contributed by atoms with Gasteiger partial charge in [0.1, 0.15) is 0 Å². The van der Waals surface area contributed by atoms with Crippen LogP contribution in [0.25, 0.3) is 16.8 Å². The third-order valence-corrected chi connectivity index (χ3v) is 3.05. The average molecular weight is 237 g/mol. The third kappa shape index (κ3) is 1.80. The molecule has 0 unspecified atom stereocenters. The molecular weight excluding hydrogens is 226 g/mol. The Kier molecular flexibility index (Phi) is 2.45. The van der Waals surface area contributed by atoms with E-state index in [1.54, 1.807) is 6.08 Å². The number of benzene rings is 2. The monoisotopic (exact) mass is 237 g/mol. The van der Waals surface area contributed by atoms with Crippen LogP contribution >= 0.6 is 0 Å². The van der Waals surface area contributed by atoms with Crippen LogP contribution in [0.3, 0.4) is 0 Å². The van der Waals surface area contributed by atoms with Gasteiger partial charge in [-0.15, -0.1) is 0 Å². The number of carbonyl (C=O) groups excluding carboxylic acids is 2.